The lowest BCUT2D eigenvalue weighted by Gasteiger charge is -2.32. The fourth-order valence-corrected chi connectivity index (χ4v) is 3.82. The standard InChI is InChI=1S/C18H22N4O2S/c1-12(2)18(24)22-10-8-13(9-11-22)16-20-21-17(25-16)15(23)19-14-6-4-3-5-7-14/h3-7,12-13H,8-11H2,1-2H3,(H,19,23). The van der Waals surface area contributed by atoms with Crippen LogP contribution in [0.2, 0.25) is 0 Å². The second-order valence-corrected chi connectivity index (χ2v) is 7.53. The van der Waals surface area contributed by atoms with E-state index in [2.05, 4.69) is 15.5 Å². The van der Waals surface area contributed by atoms with Gasteiger partial charge in [0.1, 0.15) is 5.01 Å². The van der Waals surface area contributed by atoms with Crippen LogP contribution in [0.15, 0.2) is 30.3 Å². The number of amides is 2. The van der Waals surface area contributed by atoms with Crippen LogP contribution in [-0.4, -0.2) is 40.0 Å². The number of anilines is 1. The van der Waals surface area contributed by atoms with Gasteiger partial charge in [0.25, 0.3) is 5.91 Å². The van der Waals surface area contributed by atoms with Gasteiger partial charge in [0.2, 0.25) is 10.9 Å². The number of carbonyl (C=O) groups excluding carboxylic acids is 2. The number of carbonyl (C=O) groups is 2. The molecule has 0 spiro atoms. The van der Waals surface area contributed by atoms with Gasteiger partial charge in [-0.05, 0) is 25.0 Å². The Bertz CT molecular complexity index is 737. The summed E-state index contributed by atoms with van der Waals surface area (Å²) in [5.41, 5.74) is 0.741. The normalized spacial score (nSPS) is 15.4. The molecule has 6 nitrogen and oxygen atoms in total. The zero-order valence-corrected chi connectivity index (χ0v) is 15.3. The molecular weight excluding hydrogens is 336 g/mol. The molecule has 1 aromatic carbocycles. The van der Waals surface area contributed by atoms with E-state index >= 15 is 0 Å². The molecule has 25 heavy (non-hydrogen) atoms. The highest BCUT2D eigenvalue weighted by atomic mass is 32.1. The lowest BCUT2D eigenvalue weighted by Crippen LogP contribution is -2.40. The van der Waals surface area contributed by atoms with Gasteiger partial charge in [-0.2, -0.15) is 0 Å². The first-order valence-electron chi connectivity index (χ1n) is 8.53. The SMILES string of the molecule is CC(C)C(=O)N1CCC(c2nnc(C(=O)Nc3ccccc3)s2)CC1. The zero-order valence-electron chi connectivity index (χ0n) is 14.4. The van der Waals surface area contributed by atoms with Crippen LogP contribution in [0.4, 0.5) is 5.69 Å². The molecule has 0 unspecified atom stereocenters. The van der Waals surface area contributed by atoms with Crippen LogP contribution in [-0.2, 0) is 4.79 Å². The Morgan fingerprint density at radius 1 is 1.16 bits per heavy atom. The molecule has 0 saturated carbocycles. The minimum absolute atomic E-state index is 0.0337. The number of piperidine rings is 1. The number of aromatic nitrogens is 2. The molecule has 1 fully saturated rings. The molecule has 2 amide bonds. The Morgan fingerprint density at radius 2 is 1.84 bits per heavy atom. The molecule has 0 bridgehead atoms. The highest BCUT2D eigenvalue weighted by Gasteiger charge is 2.27. The Balaban J connectivity index is 1.59. The molecule has 0 aliphatic carbocycles. The third kappa shape index (κ3) is 4.22. The van der Waals surface area contributed by atoms with Crippen LogP contribution in [0.3, 0.4) is 0 Å². The maximum atomic E-state index is 12.3. The van der Waals surface area contributed by atoms with Gasteiger partial charge in [0.05, 0.1) is 0 Å². The summed E-state index contributed by atoms with van der Waals surface area (Å²) in [5.74, 6) is 0.277. The number of nitrogens with zero attached hydrogens (tertiary/aromatic N) is 3. The summed E-state index contributed by atoms with van der Waals surface area (Å²) in [7, 11) is 0. The van der Waals surface area contributed by atoms with Crippen LogP contribution in [0.1, 0.15) is 47.4 Å². The fraction of sp³-hybridized carbons (Fsp3) is 0.444. The molecule has 1 aromatic heterocycles. The van der Waals surface area contributed by atoms with E-state index in [0.29, 0.717) is 5.01 Å². The quantitative estimate of drug-likeness (QED) is 0.911. The summed E-state index contributed by atoms with van der Waals surface area (Å²) >= 11 is 1.34. The highest BCUT2D eigenvalue weighted by Crippen LogP contribution is 2.30. The largest absolute Gasteiger partial charge is 0.342 e. The Morgan fingerprint density at radius 3 is 2.48 bits per heavy atom. The molecule has 0 atom stereocenters. The lowest BCUT2D eigenvalue weighted by molar-refractivity contribution is -0.135. The van der Waals surface area contributed by atoms with Crippen molar-refractivity contribution in [1.82, 2.24) is 15.1 Å². The van der Waals surface area contributed by atoms with Crippen LogP contribution >= 0.6 is 11.3 Å². The molecule has 1 aliphatic heterocycles. The van der Waals surface area contributed by atoms with Crippen molar-refractivity contribution < 1.29 is 9.59 Å². The van der Waals surface area contributed by atoms with Crippen molar-refractivity contribution in [2.24, 2.45) is 5.92 Å². The number of likely N-dealkylation sites (tertiary alicyclic amines) is 1. The molecule has 1 N–H and O–H groups in total. The van der Waals surface area contributed by atoms with E-state index in [-0.39, 0.29) is 23.7 Å². The Kier molecular flexibility index (Phi) is 5.43. The number of hydrogen-bond acceptors (Lipinski definition) is 5. The van der Waals surface area contributed by atoms with Gasteiger partial charge in [-0.1, -0.05) is 43.4 Å². The van der Waals surface area contributed by atoms with Gasteiger partial charge in [-0.25, -0.2) is 0 Å². The van der Waals surface area contributed by atoms with Crippen molar-refractivity contribution in [3.8, 4) is 0 Å². The summed E-state index contributed by atoms with van der Waals surface area (Å²) in [6.45, 7) is 5.34. The van der Waals surface area contributed by atoms with Crippen LogP contribution in [0.5, 0.6) is 0 Å². The van der Waals surface area contributed by atoms with Crippen molar-refractivity contribution in [3.63, 3.8) is 0 Å². The van der Waals surface area contributed by atoms with Crippen molar-refractivity contribution in [3.05, 3.63) is 40.3 Å². The molecule has 3 rings (SSSR count). The van der Waals surface area contributed by atoms with Gasteiger partial charge < -0.3 is 10.2 Å². The summed E-state index contributed by atoms with van der Waals surface area (Å²) < 4.78 is 0. The molecule has 0 radical (unpaired) electrons. The van der Waals surface area contributed by atoms with Gasteiger partial charge in [-0.15, -0.1) is 10.2 Å². The smallest absolute Gasteiger partial charge is 0.286 e. The number of benzene rings is 1. The first-order valence-corrected chi connectivity index (χ1v) is 9.35. The van der Waals surface area contributed by atoms with Crippen molar-refractivity contribution in [2.75, 3.05) is 18.4 Å². The molecule has 132 valence electrons. The maximum Gasteiger partial charge on any atom is 0.286 e. The minimum atomic E-state index is -0.234. The molecule has 1 aliphatic rings. The van der Waals surface area contributed by atoms with Crippen LogP contribution in [0.25, 0.3) is 0 Å². The van der Waals surface area contributed by atoms with Crippen molar-refractivity contribution in [2.45, 2.75) is 32.6 Å². The van der Waals surface area contributed by atoms with Gasteiger partial charge in [0.15, 0.2) is 0 Å². The third-order valence-electron chi connectivity index (χ3n) is 4.32. The summed E-state index contributed by atoms with van der Waals surface area (Å²) in [4.78, 5) is 26.2. The number of rotatable bonds is 4. The third-order valence-corrected chi connectivity index (χ3v) is 5.40. The first-order chi connectivity index (χ1) is 12.0. The van der Waals surface area contributed by atoms with Crippen LogP contribution < -0.4 is 5.32 Å². The summed E-state index contributed by atoms with van der Waals surface area (Å²) in [6, 6.07) is 9.30. The van der Waals surface area contributed by atoms with E-state index in [1.54, 1.807) is 0 Å². The lowest BCUT2D eigenvalue weighted by atomic mass is 9.97. The number of hydrogen-bond donors (Lipinski definition) is 1. The second kappa shape index (κ2) is 7.74. The fourth-order valence-electron chi connectivity index (χ4n) is 2.91. The predicted octanol–water partition coefficient (Wildman–Crippen LogP) is 3.15. The molecule has 2 aromatic rings. The van der Waals surface area contributed by atoms with E-state index in [0.717, 1.165) is 36.6 Å². The molecule has 1 saturated heterocycles. The van der Waals surface area contributed by atoms with E-state index in [1.807, 2.05) is 49.1 Å². The van der Waals surface area contributed by atoms with Crippen molar-refractivity contribution >= 4 is 28.8 Å². The average molecular weight is 358 g/mol. The highest BCUT2D eigenvalue weighted by molar-refractivity contribution is 7.13. The number of nitrogens with one attached hydrogen (secondary N) is 1. The molecule has 2 heterocycles. The van der Waals surface area contributed by atoms with E-state index < -0.39 is 0 Å². The van der Waals surface area contributed by atoms with E-state index in [4.69, 9.17) is 0 Å². The van der Waals surface area contributed by atoms with E-state index in [1.165, 1.54) is 11.3 Å². The van der Waals surface area contributed by atoms with Crippen molar-refractivity contribution in [1.29, 1.82) is 0 Å². The van der Waals surface area contributed by atoms with Gasteiger partial charge in [0, 0.05) is 30.6 Å². The molecular formula is C18H22N4O2S. The summed E-state index contributed by atoms with van der Waals surface area (Å²) in [6.07, 6.45) is 1.74. The van der Waals surface area contributed by atoms with Gasteiger partial charge in [-0.3, -0.25) is 9.59 Å². The Labute approximate surface area is 151 Å². The maximum absolute atomic E-state index is 12.3. The monoisotopic (exact) mass is 358 g/mol. The number of para-hydroxylation sites is 1. The zero-order chi connectivity index (χ0) is 17.8. The predicted molar refractivity (Wildman–Crippen MR) is 97.7 cm³/mol. The van der Waals surface area contributed by atoms with Gasteiger partial charge >= 0.3 is 0 Å². The average Bonchev–Trinajstić information content (AvgIpc) is 3.12. The minimum Gasteiger partial charge on any atom is -0.342 e. The first kappa shape index (κ1) is 17.5. The Hall–Kier alpha value is -2.28. The van der Waals surface area contributed by atoms with Crippen LogP contribution in [0, 0.1) is 5.92 Å². The topological polar surface area (TPSA) is 75.2 Å². The molecule has 7 heteroatoms. The summed E-state index contributed by atoms with van der Waals surface area (Å²) in [5, 5.41) is 12.3. The van der Waals surface area contributed by atoms with E-state index in [9.17, 15) is 9.59 Å². The second-order valence-electron chi connectivity index (χ2n) is 6.52.